The summed E-state index contributed by atoms with van der Waals surface area (Å²) in [5.41, 5.74) is 2.34. The van der Waals surface area contributed by atoms with Crippen molar-refractivity contribution in [3.8, 4) is 0 Å². The van der Waals surface area contributed by atoms with Gasteiger partial charge in [0.1, 0.15) is 0 Å². The number of likely N-dealkylation sites (tertiary alicyclic amines) is 1. The Morgan fingerprint density at radius 3 is 2.52 bits per heavy atom. The van der Waals surface area contributed by atoms with Crippen LogP contribution in [0.15, 0.2) is 59.5 Å². The number of carbonyl (C=O) groups is 2. The molecule has 2 aliphatic rings. The number of para-hydroxylation sites is 1. The van der Waals surface area contributed by atoms with Crippen LogP contribution in [0.3, 0.4) is 0 Å². The van der Waals surface area contributed by atoms with Crippen LogP contribution in [-0.2, 0) is 16.0 Å². The average molecular weight is 409 g/mol. The molecule has 4 nitrogen and oxygen atoms in total. The van der Waals surface area contributed by atoms with E-state index >= 15 is 0 Å². The minimum atomic E-state index is 0.0983. The zero-order chi connectivity index (χ0) is 20.1. The van der Waals surface area contributed by atoms with Gasteiger partial charge in [0.15, 0.2) is 0 Å². The van der Waals surface area contributed by atoms with Crippen LogP contribution >= 0.6 is 11.8 Å². The molecule has 152 valence electrons. The van der Waals surface area contributed by atoms with Gasteiger partial charge in [0.25, 0.3) is 0 Å². The molecule has 0 spiro atoms. The summed E-state index contributed by atoms with van der Waals surface area (Å²) in [5, 5.41) is 0. The molecule has 0 saturated carbocycles. The van der Waals surface area contributed by atoms with Crippen LogP contribution in [-0.4, -0.2) is 42.1 Å². The van der Waals surface area contributed by atoms with Gasteiger partial charge >= 0.3 is 0 Å². The second-order valence-electron chi connectivity index (χ2n) is 7.90. The lowest BCUT2D eigenvalue weighted by Gasteiger charge is -2.33. The van der Waals surface area contributed by atoms with Gasteiger partial charge in [-0.3, -0.25) is 9.59 Å². The number of rotatable bonds is 6. The molecule has 5 heteroatoms. The average Bonchev–Trinajstić information content (AvgIpc) is 2.78. The molecular weight excluding hydrogens is 380 g/mol. The van der Waals surface area contributed by atoms with E-state index in [1.807, 2.05) is 29.2 Å². The summed E-state index contributed by atoms with van der Waals surface area (Å²) in [6, 6.07) is 18.6. The summed E-state index contributed by atoms with van der Waals surface area (Å²) in [5.74, 6) is 1.43. The number of hydrogen-bond donors (Lipinski definition) is 0. The molecule has 2 amide bonds. The number of anilines is 1. The van der Waals surface area contributed by atoms with Crippen molar-refractivity contribution < 1.29 is 9.59 Å². The monoisotopic (exact) mass is 408 g/mol. The maximum absolute atomic E-state index is 12.7. The Bertz CT molecular complexity index is 847. The lowest BCUT2D eigenvalue weighted by atomic mass is 9.90. The highest BCUT2D eigenvalue weighted by molar-refractivity contribution is 8.00. The third-order valence-corrected chi connectivity index (χ3v) is 7.06. The van der Waals surface area contributed by atoms with E-state index in [0.717, 1.165) is 42.9 Å². The van der Waals surface area contributed by atoms with Gasteiger partial charge in [-0.2, -0.15) is 0 Å². The fourth-order valence-corrected chi connectivity index (χ4v) is 5.19. The van der Waals surface area contributed by atoms with Crippen LogP contribution in [0.1, 0.15) is 31.2 Å². The highest BCUT2D eigenvalue weighted by atomic mass is 32.2. The Hall–Kier alpha value is -2.27. The number of carbonyl (C=O) groups excluding carboxylic acids is 2. The zero-order valence-electron chi connectivity index (χ0n) is 16.8. The van der Waals surface area contributed by atoms with Gasteiger partial charge < -0.3 is 9.80 Å². The first-order valence-corrected chi connectivity index (χ1v) is 11.5. The molecule has 0 aromatic heterocycles. The van der Waals surface area contributed by atoms with Gasteiger partial charge in [-0.05, 0) is 49.3 Å². The SMILES string of the molecule is O=C(CCN1C(=O)CSc2ccccc21)N1CCC(CCc2ccccc2)CC1. The number of aryl methyl sites for hydroxylation is 1. The van der Waals surface area contributed by atoms with Crippen molar-refractivity contribution in [2.24, 2.45) is 5.92 Å². The molecule has 0 N–H and O–H groups in total. The van der Waals surface area contributed by atoms with Gasteiger partial charge in [-0.25, -0.2) is 0 Å². The quantitative estimate of drug-likeness (QED) is 0.712. The first-order valence-electron chi connectivity index (χ1n) is 10.5. The fourth-order valence-electron chi connectivity index (χ4n) is 4.25. The number of fused-ring (bicyclic) bond motifs is 1. The van der Waals surface area contributed by atoms with Crippen LogP contribution in [0, 0.1) is 5.92 Å². The standard InChI is InChI=1S/C24H28N2O2S/c27-23(14-17-26-21-8-4-5-9-22(21)29-18-24(26)28)25-15-12-20(13-16-25)11-10-19-6-2-1-3-7-19/h1-9,20H,10-18H2. The second kappa shape index (κ2) is 9.49. The summed E-state index contributed by atoms with van der Waals surface area (Å²) in [6.45, 7) is 2.17. The van der Waals surface area contributed by atoms with Gasteiger partial charge in [-0.15, -0.1) is 11.8 Å². The summed E-state index contributed by atoms with van der Waals surface area (Å²) in [4.78, 5) is 30.0. The summed E-state index contributed by atoms with van der Waals surface area (Å²) in [7, 11) is 0. The van der Waals surface area contributed by atoms with E-state index in [2.05, 4.69) is 30.3 Å². The van der Waals surface area contributed by atoms with E-state index in [-0.39, 0.29) is 11.8 Å². The Balaban J connectivity index is 1.24. The van der Waals surface area contributed by atoms with Crippen LogP contribution in [0.25, 0.3) is 0 Å². The molecule has 0 atom stereocenters. The van der Waals surface area contributed by atoms with E-state index in [0.29, 0.717) is 24.6 Å². The fraction of sp³-hybridized carbons (Fsp3) is 0.417. The maximum Gasteiger partial charge on any atom is 0.237 e. The zero-order valence-corrected chi connectivity index (χ0v) is 17.6. The highest BCUT2D eigenvalue weighted by Gasteiger charge is 2.27. The van der Waals surface area contributed by atoms with Crippen molar-refractivity contribution in [1.82, 2.24) is 4.90 Å². The molecule has 2 heterocycles. The first kappa shape index (κ1) is 20.0. The number of amides is 2. The minimum absolute atomic E-state index is 0.0983. The van der Waals surface area contributed by atoms with Crippen molar-refractivity contribution in [1.29, 1.82) is 0 Å². The summed E-state index contributed by atoms with van der Waals surface area (Å²) in [6.07, 6.45) is 4.89. The Labute approximate surface area is 177 Å². The summed E-state index contributed by atoms with van der Waals surface area (Å²) >= 11 is 1.58. The predicted molar refractivity (Wildman–Crippen MR) is 118 cm³/mol. The largest absolute Gasteiger partial charge is 0.343 e. The molecule has 2 aliphatic heterocycles. The minimum Gasteiger partial charge on any atom is -0.343 e. The highest BCUT2D eigenvalue weighted by Crippen LogP contribution is 2.35. The molecule has 1 fully saturated rings. The normalized spacial score (nSPS) is 17.3. The number of benzene rings is 2. The van der Waals surface area contributed by atoms with Crippen molar-refractivity contribution in [3.63, 3.8) is 0 Å². The van der Waals surface area contributed by atoms with Gasteiger partial charge in [-0.1, -0.05) is 42.5 Å². The van der Waals surface area contributed by atoms with E-state index in [1.54, 1.807) is 16.7 Å². The molecule has 0 aliphatic carbocycles. The van der Waals surface area contributed by atoms with E-state index < -0.39 is 0 Å². The molecule has 0 radical (unpaired) electrons. The maximum atomic E-state index is 12.7. The third-order valence-electron chi connectivity index (χ3n) is 6.01. The summed E-state index contributed by atoms with van der Waals surface area (Å²) < 4.78 is 0. The number of piperidine rings is 1. The van der Waals surface area contributed by atoms with Crippen LogP contribution < -0.4 is 4.90 Å². The molecule has 0 bridgehead atoms. The molecule has 2 aromatic rings. The van der Waals surface area contributed by atoms with Crippen LogP contribution in [0.4, 0.5) is 5.69 Å². The van der Waals surface area contributed by atoms with Crippen molar-refractivity contribution >= 4 is 29.3 Å². The molecule has 0 unspecified atom stereocenters. The van der Waals surface area contributed by atoms with Crippen LogP contribution in [0.5, 0.6) is 0 Å². The Morgan fingerprint density at radius 2 is 1.72 bits per heavy atom. The van der Waals surface area contributed by atoms with Crippen molar-refractivity contribution in [2.45, 2.75) is 37.0 Å². The Morgan fingerprint density at radius 1 is 1.00 bits per heavy atom. The lowest BCUT2D eigenvalue weighted by molar-refractivity contribution is -0.132. The van der Waals surface area contributed by atoms with Crippen molar-refractivity contribution in [3.05, 3.63) is 60.2 Å². The number of hydrogen-bond acceptors (Lipinski definition) is 3. The third kappa shape index (κ3) is 5.02. The smallest absolute Gasteiger partial charge is 0.237 e. The molecule has 2 aromatic carbocycles. The van der Waals surface area contributed by atoms with Crippen LogP contribution in [0.2, 0.25) is 0 Å². The molecule has 1 saturated heterocycles. The van der Waals surface area contributed by atoms with E-state index in [1.165, 1.54) is 12.0 Å². The molecule has 29 heavy (non-hydrogen) atoms. The predicted octanol–water partition coefficient (Wildman–Crippen LogP) is 4.39. The van der Waals surface area contributed by atoms with E-state index in [9.17, 15) is 9.59 Å². The first-order chi connectivity index (χ1) is 14.2. The number of nitrogens with zero attached hydrogens (tertiary/aromatic N) is 2. The van der Waals surface area contributed by atoms with E-state index in [4.69, 9.17) is 0 Å². The van der Waals surface area contributed by atoms with Gasteiger partial charge in [0.2, 0.25) is 11.8 Å². The van der Waals surface area contributed by atoms with Gasteiger partial charge in [0, 0.05) is 31.0 Å². The number of thioether (sulfide) groups is 1. The van der Waals surface area contributed by atoms with Gasteiger partial charge in [0.05, 0.1) is 11.4 Å². The topological polar surface area (TPSA) is 40.6 Å². The second-order valence-corrected chi connectivity index (χ2v) is 8.92. The van der Waals surface area contributed by atoms with Crippen molar-refractivity contribution in [2.75, 3.05) is 30.3 Å². The molecule has 4 rings (SSSR count). The molecular formula is C24H28N2O2S. The Kier molecular flexibility index (Phi) is 6.55. The lowest BCUT2D eigenvalue weighted by Crippen LogP contribution is -2.42.